The monoisotopic (exact) mass is 254 g/mol. The van der Waals surface area contributed by atoms with Gasteiger partial charge in [-0.15, -0.1) is 0 Å². The van der Waals surface area contributed by atoms with Crippen LogP contribution in [0.5, 0.6) is 5.75 Å². The zero-order valence-corrected chi connectivity index (χ0v) is 11.1. The van der Waals surface area contributed by atoms with Crippen LogP contribution in [0.1, 0.15) is 16.7 Å². The summed E-state index contributed by atoms with van der Waals surface area (Å²) in [5.41, 5.74) is 3.12. The van der Waals surface area contributed by atoms with Gasteiger partial charge in [0.15, 0.2) is 0 Å². The molecular weight excluding hydrogens is 238 g/mol. The van der Waals surface area contributed by atoms with Gasteiger partial charge in [0, 0.05) is 5.56 Å². The van der Waals surface area contributed by atoms with Gasteiger partial charge in [-0.25, -0.2) is 0 Å². The van der Waals surface area contributed by atoms with Crippen LogP contribution >= 0.6 is 0 Å². The van der Waals surface area contributed by atoms with Crippen molar-refractivity contribution in [3.05, 3.63) is 65.2 Å². The minimum atomic E-state index is 0.399. The standard InChI is InChI=1S/C16H16NO2/c1-13-6-8-14(9-7-13)11-17-19-12-15-4-3-5-16(10-15)18-2/h3-10H,12H2,1-2H3. The van der Waals surface area contributed by atoms with Gasteiger partial charge in [-0.05, 0) is 24.6 Å². The molecule has 0 saturated heterocycles. The fourth-order valence-corrected chi connectivity index (χ4v) is 1.58. The number of ether oxygens (including phenoxy) is 1. The van der Waals surface area contributed by atoms with Gasteiger partial charge in [-0.1, -0.05) is 47.1 Å². The maximum Gasteiger partial charge on any atom is 0.142 e. The van der Waals surface area contributed by atoms with Crippen molar-refractivity contribution in [2.75, 3.05) is 7.11 Å². The van der Waals surface area contributed by atoms with Gasteiger partial charge in [0.25, 0.3) is 0 Å². The normalized spacial score (nSPS) is 10.6. The van der Waals surface area contributed by atoms with E-state index in [-0.39, 0.29) is 0 Å². The zero-order valence-electron chi connectivity index (χ0n) is 11.1. The molecule has 0 fully saturated rings. The van der Waals surface area contributed by atoms with Crippen LogP contribution in [-0.2, 0) is 11.4 Å². The molecule has 0 spiro atoms. The van der Waals surface area contributed by atoms with Crippen molar-refractivity contribution in [1.82, 2.24) is 0 Å². The fourth-order valence-electron chi connectivity index (χ4n) is 1.58. The topological polar surface area (TPSA) is 30.8 Å². The first-order valence-corrected chi connectivity index (χ1v) is 6.05. The lowest BCUT2D eigenvalue weighted by atomic mass is 10.2. The Labute approximate surface area is 113 Å². The summed E-state index contributed by atoms with van der Waals surface area (Å²) in [4.78, 5) is 5.21. The molecule has 0 heterocycles. The van der Waals surface area contributed by atoms with Crippen molar-refractivity contribution in [2.24, 2.45) is 5.16 Å². The first-order chi connectivity index (χ1) is 9.28. The van der Waals surface area contributed by atoms with Crippen molar-refractivity contribution in [3.63, 3.8) is 0 Å². The van der Waals surface area contributed by atoms with E-state index in [4.69, 9.17) is 9.57 Å². The van der Waals surface area contributed by atoms with Crippen LogP contribution in [0, 0.1) is 6.92 Å². The van der Waals surface area contributed by atoms with Crippen LogP contribution in [0.4, 0.5) is 0 Å². The average molecular weight is 254 g/mol. The van der Waals surface area contributed by atoms with E-state index in [0.717, 1.165) is 16.9 Å². The second-order valence-electron chi connectivity index (χ2n) is 4.19. The molecule has 3 heteroatoms. The molecule has 0 aliphatic carbocycles. The van der Waals surface area contributed by atoms with E-state index >= 15 is 0 Å². The Morgan fingerprint density at radius 2 is 1.89 bits per heavy atom. The molecule has 19 heavy (non-hydrogen) atoms. The largest absolute Gasteiger partial charge is 0.497 e. The summed E-state index contributed by atoms with van der Waals surface area (Å²) in [5, 5.41) is 3.83. The molecule has 0 amide bonds. The highest BCUT2D eigenvalue weighted by atomic mass is 16.6. The first-order valence-electron chi connectivity index (χ1n) is 6.05. The Kier molecular flexibility index (Phi) is 4.56. The predicted octanol–water partition coefficient (Wildman–Crippen LogP) is 3.43. The summed E-state index contributed by atoms with van der Waals surface area (Å²) in [6, 6.07) is 15.6. The molecule has 1 radical (unpaired) electrons. The Hall–Kier alpha value is -2.29. The molecule has 97 valence electrons. The lowest BCUT2D eigenvalue weighted by Gasteiger charge is -2.02. The van der Waals surface area contributed by atoms with Crippen molar-refractivity contribution >= 4 is 6.21 Å². The van der Waals surface area contributed by atoms with Gasteiger partial charge in [-0.3, -0.25) is 0 Å². The summed E-state index contributed by atoms with van der Waals surface area (Å²) >= 11 is 0. The lowest BCUT2D eigenvalue weighted by Crippen LogP contribution is -1.90. The Bertz CT molecular complexity index is 547. The highest BCUT2D eigenvalue weighted by molar-refractivity contribution is 5.79. The van der Waals surface area contributed by atoms with E-state index in [1.54, 1.807) is 7.11 Å². The highest BCUT2D eigenvalue weighted by Gasteiger charge is 1.95. The van der Waals surface area contributed by atoms with Crippen LogP contribution < -0.4 is 4.74 Å². The molecule has 0 aliphatic heterocycles. The second kappa shape index (κ2) is 6.59. The third-order valence-electron chi connectivity index (χ3n) is 2.66. The summed E-state index contributed by atoms with van der Waals surface area (Å²) in [6.07, 6.45) is 2.84. The molecule has 0 saturated carbocycles. The van der Waals surface area contributed by atoms with E-state index in [2.05, 4.69) is 11.4 Å². The summed E-state index contributed by atoms with van der Waals surface area (Å²) in [7, 11) is 1.64. The molecule has 0 unspecified atom stereocenters. The number of hydrogen-bond acceptors (Lipinski definition) is 3. The Morgan fingerprint density at radius 1 is 1.11 bits per heavy atom. The van der Waals surface area contributed by atoms with Crippen molar-refractivity contribution in [1.29, 1.82) is 0 Å². The van der Waals surface area contributed by atoms with Crippen molar-refractivity contribution in [2.45, 2.75) is 13.5 Å². The van der Waals surface area contributed by atoms with Crippen LogP contribution in [0.25, 0.3) is 0 Å². The smallest absolute Gasteiger partial charge is 0.142 e. The van der Waals surface area contributed by atoms with E-state index in [1.807, 2.05) is 55.5 Å². The summed E-state index contributed by atoms with van der Waals surface area (Å²) in [5.74, 6) is 0.813. The number of benzene rings is 2. The van der Waals surface area contributed by atoms with Gasteiger partial charge in [0.1, 0.15) is 18.6 Å². The number of methoxy groups -OCH3 is 1. The van der Waals surface area contributed by atoms with Crippen LogP contribution in [0.3, 0.4) is 0 Å². The van der Waals surface area contributed by atoms with Gasteiger partial charge in [-0.2, -0.15) is 0 Å². The van der Waals surface area contributed by atoms with E-state index in [0.29, 0.717) is 6.61 Å². The van der Waals surface area contributed by atoms with Crippen LogP contribution in [0.2, 0.25) is 0 Å². The first kappa shape index (κ1) is 13.1. The van der Waals surface area contributed by atoms with Crippen molar-refractivity contribution < 1.29 is 9.57 Å². The van der Waals surface area contributed by atoms with Gasteiger partial charge >= 0.3 is 0 Å². The summed E-state index contributed by atoms with van der Waals surface area (Å²) < 4.78 is 5.14. The lowest BCUT2D eigenvalue weighted by molar-refractivity contribution is 0.132. The molecule has 2 aromatic carbocycles. The van der Waals surface area contributed by atoms with Crippen LogP contribution in [0.15, 0.2) is 53.7 Å². The minimum Gasteiger partial charge on any atom is -0.497 e. The van der Waals surface area contributed by atoms with E-state index in [9.17, 15) is 0 Å². The van der Waals surface area contributed by atoms with Crippen LogP contribution in [-0.4, -0.2) is 13.3 Å². The number of rotatable bonds is 5. The fraction of sp³-hybridized carbons (Fsp3) is 0.188. The molecule has 2 aromatic rings. The average Bonchev–Trinajstić information content (AvgIpc) is 2.46. The zero-order chi connectivity index (χ0) is 13.5. The minimum absolute atomic E-state index is 0.399. The van der Waals surface area contributed by atoms with Gasteiger partial charge in [0.2, 0.25) is 0 Å². The van der Waals surface area contributed by atoms with E-state index < -0.39 is 0 Å². The Morgan fingerprint density at radius 3 is 2.63 bits per heavy atom. The second-order valence-corrected chi connectivity index (χ2v) is 4.19. The quantitative estimate of drug-likeness (QED) is 0.604. The molecule has 0 aliphatic rings. The SMILES string of the molecule is COc1cccc(CO/N=[C]\c2ccc(C)cc2)c1. The third kappa shape index (κ3) is 4.14. The molecule has 2 rings (SSSR count). The molecule has 0 atom stereocenters. The van der Waals surface area contributed by atoms with Gasteiger partial charge < -0.3 is 9.57 Å². The van der Waals surface area contributed by atoms with Gasteiger partial charge in [0.05, 0.1) is 7.11 Å². The third-order valence-corrected chi connectivity index (χ3v) is 2.66. The molecule has 3 nitrogen and oxygen atoms in total. The Balaban J connectivity index is 1.87. The number of nitrogens with zero attached hydrogens (tertiary/aromatic N) is 1. The molecular formula is C16H16NO2. The highest BCUT2D eigenvalue weighted by Crippen LogP contribution is 2.13. The molecule has 0 aromatic heterocycles. The van der Waals surface area contributed by atoms with E-state index in [1.165, 1.54) is 5.56 Å². The molecule has 0 N–H and O–H groups in total. The van der Waals surface area contributed by atoms with Crippen molar-refractivity contribution in [3.8, 4) is 5.75 Å². The number of aryl methyl sites for hydroxylation is 1. The molecule has 0 bridgehead atoms. The number of hydrogen-bond donors (Lipinski definition) is 0. The predicted molar refractivity (Wildman–Crippen MR) is 75.5 cm³/mol. The maximum absolute atomic E-state index is 5.21. The summed E-state index contributed by atoms with van der Waals surface area (Å²) in [6.45, 7) is 2.44. The maximum atomic E-state index is 5.21.